The lowest BCUT2D eigenvalue weighted by atomic mass is 9.94. The molecule has 1 saturated carbocycles. The number of thioether (sulfide) groups is 1. The molecule has 1 aliphatic carbocycles. The minimum Gasteiger partial charge on any atom is -0.348 e. The zero-order valence-electron chi connectivity index (χ0n) is 21.0. The molecule has 0 bridgehead atoms. The molecule has 4 rings (SSSR count). The number of nitrogens with one attached hydrogen (secondary N) is 1. The zero-order valence-corrected chi connectivity index (χ0v) is 21.8. The Morgan fingerprint density at radius 1 is 0.914 bits per heavy atom. The van der Waals surface area contributed by atoms with E-state index in [9.17, 15) is 9.59 Å². The first kappa shape index (κ1) is 25.8. The van der Waals surface area contributed by atoms with Gasteiger partial charge in [0.2, 0.25) is 5.91 Å². The highest BCUT2D eigenvalue weighted by molar-refractivity contribution is 8.00. The molecular formula is C29H39N3O2S. The summed E-state index contributed by atoms with van der Waals surface area (Å²) < 4.78 is 0. The van der Waals surface area contributed by atoms with E-state index in [-0.39, 0.29) is 11.8 Å². The second-order valence-electron chi connectivity index (χ2n) is 9.87. The maximum Gasteiger partial charge on any atom is 0.252 e. The summed E-state index contributed by atoms with van der Waals surface area (Å²) in [6.45, 7) is 3.75. The van der Waals surface area contributed by atoms with Crippen LogP contribution < -0.4 is 5.32 Å². The molecule has 0 spiro atoms. The van der Waals surface area contributed by atoms with Crippen LogP contribution in [0.2, 0.25) is 0 Å². The van der Waals surface area contributed by atoms with Gasteiger partial charge in [-0.25, -0.2) is 0 Å². The molecule has 0 atom stereocenters. The van der Waals surface area contributed by atoms with Crippen LogP contribution in [0.3, 0.4) is 0 Å². The summed E-state index contributed by atoms with van der Waals surface area (Å²) >= 11 is 1.47. The lowest BCUT2D eigenvalue weighted by Gasteiger charge is -2.31. The van der Waals surface area contributed by atoms with E-state index in [1.54, 1.807) is 0 Å². The van der Waals surface area contributed by atoms with Gasteiger partial charge in [-0.15, -0.1) is 11.8 Å². The Morgan fingerprint density at radius 3 is 2.34 bits per heavy atom. The van der Waals surface area contributed by atoms with Gasteiger partial charge in [0.1, 0.15) is 0 Å². The predicted molar refractivity (Wildman–Crippen MR) is 144 cm³/mol. The molecule has 2 fully saturated rings. The Bertz CT molecular complexity index is 983. The van der Waals surface area contributed by atoms with Crippen molar-refractivity contribution >= 4 is 23.6 Å². The topological polar surface area (TPSA) is 52.7 Å². The van der Waals surface area contributed by atoms with E-state index in [0.29, 0.717) is 23.9 Å². The Balaban J connectivity index is 1.34. The van der Waals surface area contributed by atoms with Gasteiger partial charge in [0.15, 0.2) is 0 Å². The molecule has 2 aromatic rings. The fourth-order valence-corrected chi connectivity index (χ4v) is 6.18. The fraction of sp³-hybridized carbons (Fsp3) is 0.517. The van der Waals surface area contributed by atoms with Gasteiger partial charge in [0, 0.05) is 31.1 Å². The second kappa shape index (κ2) is 13.1. The number of likely N-dealkylation sites (tertiary alicyclic amines) is 1. The normalized spacial score (nSPS) is 17.2. The van der Waals surface area contributed by atoms with Crippen molar-refractivity contribution in [1.82, 2.24) is 15.1 Å². The van der Waals surface area contributed by atoms with E-state index in [2.05, 4.69) is 28.4 Å². The minimum atomic E-state index is -0.0889. The highest BCUT2D eigenvalue weighted by Crippen LogP contribution is 2.26. The molecule has 6 heteroatoms. The van der Waals surface area contributed by atoms with Crippen LogP contribution in [0.5, 0.6) is 0 Å². The van der Waals surface area contributed by atoms with E-state index in [0.717, 1.165) is 37.4 Å². The second-order valence-corrected chi connectivity index (χ2v) is 10.9. The number of rotatable bonds is 9. The Morgan fingerprint density at radius 2 is 1.57 bits per heavy atom. The van der Waals surface area contributed by atoms with Gasteiger partial charge in [-0.05, 0) is 62.0 Å². The summed E-state index contributed by atoms with van der Waals surface area (Å²) in [5.41, 5.74) is 3.09. The van der Waals surface area contributed by atoms with Crippen molar-refractivity contribution < 1.29 is 9.59 Å². The molecular weight excluding hydrogens is 454 g/mol. The molecule has 1 N–H and O–H groups in total. The molecule has 188 valence electrons. The monoisotopic (exact) mass is 493 g/mol. The number of hydrogen-bond donors (Lipinski definition) is 1. The number of benzene rings is 2. The van der Waals surface area contributed by atoms with Crippen LogP contribution in [0.4, 0.5) is 0 Å². The van der Waals surface area contributed by atoms with E-state index in [1.165, 1.54) is 61.4 Å². The van der Waals surface area contributed by atoms with Crippen LogP contribution in [-0.4, -0.2) is 53.5 Å². The smallest absolute Gasteiger partial charge is 0.252 e. The molecule has 1 heterocycles. The average molecular weight is 494 g/mol. The maximum atomic E-state index is 13.1. The summed E-state index contributed by atoms with van der Waals surface area (Å²) in [6.07, 6.45) is 9.76. The third-order valence-electron chi connectivity index (χ3n) is 7.40. The van der Waals surface area contributed by atoms with Gasteiger partial charge >= 0.3 is 0 Å². The molecule has 1 aliphatic heterocycles. The Labute approximate surface area is 214 Å². The van der Waals surface area contributed by atoms with Crippen LogP contribution in [0.15, 0.2) is 53.4 Å². The minimum absolute atomic E-state index is 0.0889. The van der Waals surface area contributed by atoms with Crippen molar-refractivity contribution in [3.05, 3.63) is 65.2 Å². The van der Waals surface area contributed by atoms with Gasteiger partial charge in [0.05, 0.1) is 11.3 Å². The molecule has 5 nitrogen and oxygen atoms in total. The molecule has 0 unspecified atom stereocenters. The van der Waals surface area contributed by atoms with Crippen molar-refractivity contribution in [1.29, 1.82) is 0 Å². The Kier molecular flexibility index (Phi) is 9.66. The lowest BCUT2D eigenvalue weighted by molar-refractivity contribution is -0.129. The van der Waals surface area contributed by atoms with Crippen molar-refractivity contribution in [2.24, 2.45) is 0 Å². The van der Waals surface area contributed by atoms with Gasteiger partial charge in [-0.3, -0.25) is 14.5 Å². The summed E-state index contributed by atoms with van der Waals surface area (Å²) in [4.78, 5) is 31.2. The first-order valence-electron chi connectivity index (χ1n) is 13.2. The fourth-order valence-electron chi connectivity index (χ4n) is 5.21. The largest absolute Gasteiger partial charge is 0.348 e. The molecule has 0 radical (unpaired) electrons. The van der Waals surface area contributed by atoms with E-state index >= 15 is 0 Å². The average Bonchev–Trinajstić information content (AvgIpc) is 2.92. The molecule has 2 aromatic carbocycles. The standard InChI is InChI=1S/C29H39N3O2S/c1-31(25-14-4-2-5-15-25)28(33)22-35-27-17-9-8-16-26(27)29(34)30-20-23-12-6-7-13-24(23)21-32-18-10-3-11-19-32/h6-9,12-13,16-17,25H,2-5,10-11,14-15,18-22H2,1H3,(H,30,34). The van der Waals surface area contributed by atoms with Crippen molar-refractivity contribution in [2.75, 3.05) is 25.9 Å². The van der Waals surface area contributed by atoms with Crippen LogP contribution in [-0.2, 0) is 17.9 Å². The van der Waals surface area contributed by atoms with Gasteiger partial charge < -0.3 is 10.2 Å². The third-order valence-corrected chi connectivity index (χ3v) is 8.46. The summed E-state index contributed by atoms with van der Waals surface area (Å²) in [5, 5.41) is 3.13. The quantitative estimate of drug-likeness (QED) is 0.470. The van der Waals surface area contributed by atoms with E-state index < -0.39 is 0 Å². The summed E-state index contributed by atoms with van der Waals surface area (Å²) in [5.74, 6) is 0.411. The number of amides is 2. The van der Waals surface area contributed by atoms with Gasteiger partial charge in [0.25, 0.3) is 5.91 Å². The first-order chi connectivity index (χ1) is 17.1. The highest BCUT2D eigenvalue weighted by Gasteiger charge is 2.22. The zero-order chi connectivity index (χ0) is 24.5. The van der Waals surface area contributed by atoms with Crippen LogP contribution in [0, 0.1) is 0 Å². The summed E-state index contributed by atoms with van der Waals surface area (Å²) in [7, 11) is 1.93. The van der Waals surface area contributed by atoms with Crippen LogP contribution in [0.25, 0.3) is 0 Å². The van der Waals surface area contributed by atoms with E-state index in [4.69, 9.17) is 0 Å². The van der Waals surface area contributed by atoms with Crippen molar-refractivity contribution in [2.45, 2.75) is 75.4 Å². The predicted octanol–water partition coefficient (Wildman–Crippen LogP) is 5.49. The van der Waals surface area contributed by atoms with Crippen molar-refractivity contribution in [3.8, 4) is 0 Å². The molecule has 1 saturated heterocycles. The van der Waals surface area contributed by atoms with Gasteiger partial charge in [-0.1, -0.05) is 62.1 Å². The molecule has 2 amide bonds. The van der Waals surface area contributed by atoms with Crippen molar-refractivity contribution in [3.63, 3.8) is 0 Å². The lowest BCUT2D eigenvalue weighted by Crippen LogP contribution is -2.39. The number of piperidine rings is 1. The SMILES string of the molecule is CN(C(=O)CSc1ccccc1C(=O)NCc1ccccc1CN1CCCCC1)C1CCCCC1. The number of carbonyl (C=O) groups is 2. The van der Waals surface area contributed by atoms with Crippen LogP contribution >= 0.6 is 11.8 Å². The number of hydrogen-bond acceptors (Lipinski definition) is 4. The van der Waals surface area contributed by atoms with Gasteiger partial charge in [-0.2, -0.15) is 0 Å². The Hall–Kier alpha value is -2.31. The maximum absolute atomic E-state index is 13.1. The molecule has 35 heavy (non-hydrogen) atoms. The van der Waals surface area contributed by atoms with Crippen LogP contribution in [0.1, 0.15) is 72.9 Å². The first-order valence-corrected chi connectivity index (χ1v) is 14.1. The molecule has 2 aliphatic rings. The third kappa shape index (κ3) is 7.34. The summed E-state index contributed by atoms with van der Waals surface area (Å²) in [6, 6.07) is 16.4. The number of nitrogens with zero attached hydrogens (tertiary/aromatic N) is 2. The highest BCUT2D eigenvalue weighted by atomic mass is 32.2. The number of carbonyl (C=O) groups excluding carboxylic acids is 2. The van der Waals surface area contributed by atoms with E-state index in [1.807, 2.05) is 42.3 Å². The molecule has 0 aromatic heterocycles.